The lowest BCUT2D eigenvalue weighted by molar-refractivity contribution is -0.183. The molecule has 4 heterocycles. The molecule has 2 unspecified atom stereocenters. The highest BCUT2D eigenvalue weighted by molar-refractivity contribution is 6.30. The summed E-state index contributed by atoms with van der Waals surface area (Å²) in [5.74, 6) is -3.70. The lowest BCUT2D eigenvalue weighted by atomic mass is 9.99. The number of hydrogen-bond donors (Lipinski definition) is 0. The summed E-state index contributed by atoms with van der Waals surface area (Å²) in [5, 5.41) is 0. The average molecular weight is 1110 g/mol. The van der Waals surface area contributed by atoms with Crippen molar-refractivity contribution in [2.75, 3.05) is 92.0 Å². The summed E-state index contributed by atoms with van der Waals surface area (Å²) in [7, 11) is 0. The Morgan fingerprint density at radius 1 is 0.525 bits per heavy atom. The molecular weight excluding hydrogens is 1030 g/mol. The Bertz CT molecular complexity index is 2340. The standard InChI is InChI=1S/C62H80F2N4O12/c1-3-39-73-53-19-11-47(12-20-53)57(59(69)67(37-23-45-7-15-49(63)16-8-45)51-25-31-65(32-26-51)35-29-55-75-41-5-42-76-55)79-61(71)62(72)80-58(48-13-21-54(22-14-48)74-40-4-2)60(70)68(38-24-46-9-17-50(64)18-10-46)52-27-33-66(34-28-52)36-30-56-77-43-6-44-78-56/h7-22,51-52,55-58H,3-6,23-44H2,1-2H3. The smallest absolute Gasteiger partial charge is 0.418 e. The zero-order chi connectivity index (χ0) is 56.1. The summed E-state index contributed by atoms with van der Waals surface area (Å²) in [6, 6.07) is 25.0. The molecule has 0 aliphatic carbocycles. The van der Waals surface area contributed by atoms with Gasteiger partial charge >= 0.3 is 11.9 Å². The second kappa shape index (κ2) is 31.3. The van der Waals surface area contributed by atoms with Gasteiger partial charge < -0.3 is 57.5 Å². The van der Waals surface area contributed by atoms with Crippen LogP contribution >= 0.6 is 0 Å². The van der Waals surface area contributed by atoms with Gasteiger partial charge in [-0.25, -0.2) is 18.4 Å². The summed E-state index contributed by atoms with van der Waals surface area (Å²) >= 11 is 0. The number of amides is 2. The molecule has 0 aromatic heterocycles. The number of likely N-dealkylation sites (tertiary alicyclic amines) is 2. The number of nitrogens with zero attached hydrogens (tertiary/aromatic N) is 4. The van der Waals surface area contributed by atoms with E-state index in [2.05, 4.69) is 9.80 Å². The Hall–Kier alpha value is -6.02. The Labute approximate surface area is 469 Å². The zero-order valence-corrected chi connectivity index (χ0v) is 46.5. The lowest BCUT2D eigenvalue weighted by Gasteiger charge is -2.40. The highest BCUT2D eigenvalue weighted by atomic mass is 19.1. The molecule has 434 valence electrons. The van der Waals surface area contributed by atoms with Gasteiger partial charge in [0.2, 0.25) is 12.2 Å². The first-order valence-electron chi connectivity index (χ1n) is 28.9. The molecule has 2 amide bonds. The molecule has 80 heavy (non-hydrogen) atoms. The highest BCUT2D eigenvalue weighted by Gasteiger charge is 2.40. The molecule has 4 aliphatic heterocycles. The van der Waals surface area contributed by atoms with Crippen LogP contribution < -0.4 is 9.47 Å². The van der Waals surface area contributed by atoms with Crippen molar-refractivity contribution in [2.24, 2.45) is 0 Å². The fourth-order valence-corrected chi connectivity index (χ4v) is 10.7. The van der Waals surface area contributed by atoms with Gasteiger partial charge in [-0.15, -0.1) is 0 Å². The molecule has 4 saturated heterocycles. The van der Waals surface area contributed by atoms with Crippen molar-refractivity contribution in [1.29, 1.82) is 0 Å². The van der Waals surface area contributed by atoms with Gasteiger partial charge in [0.05, 0.1) is 39.6 Å². The molecule has 8 rings (SSSR count). The molecule has 0 radical (unpaired) electrons. The quantitative estimate of drug-likeness (QED) is 0.0435. The largest absolute Gasteiger partial charge is 0.494 e. The van der Waals surface area contributed by atoms with Crippen molar-refractivity contribution < 1.29 is 65.9 Å². The van der Waals surface area contributed by atoms with Gasteiger partial charge in [-0.3, -0.25) is 9.59 Å². The molecule has 0 N–H and O–H groups in total. The fourth-order valence-electron chi connectivity index (χ4n) is 10.7. The first kappa shape index (κ1) is 60.1. The van der Waals surface area contributed by atoms with E-state index in [9.17, 15) is 18.4 Å². The van der Waals surface area contributed by atoms with E-state index in [1.54, 1.807) is 82.6 Å². The van der Waals surface area contributed by atoms with Crippen molar-refractivity contribution in [3.05, 3.63) is 131 Å². The summed E-state index contributed by atoms with van der Waals surface area (Å²) in [4.78, 5) is 67.9. The van der Waals surface area contributed by atoms with E-state index in [0.717, 1.165) is 62.7 Å². The van der Waals surface area contributed by atoms with Gasteiger partial charge in [-0.1, -0.05) is 62.4 Å². The predicted molar refractivity (Wildman–Crippen MR) is 295 cm³/mol. The minimum atomic E-state index is -1.61. The minimum absolute atomic E-state index is 0.208. The van der Waals surface area contributed by atoms with E-state index < -0.39 is 36.0 Å². The van der Waals surface area contributed by atoms with Gasteiger partial charge in [0.15, 0.2) is 12.6 Å². The van der Waals surface area contributed by atoms with Crippen LogP contribution in [0.5, 0.6) is 11.5 Å². The average Bonchev–Trinajstić information content (AvgIpc) is 3.51. The molecule has 18 heteroatoms. The second-order valence-corrected chi connectivity index (χ2v) is 21.0. The molecule has 4 aromatic carbocycles. The number of piperidine rings is 2. The van der Waals surface area contributed by atoms with Crippen molar-refractivity contribution in [3.8, 4) is 11.5 Å². The number of esters is 2. The van der Waals surface area contributed by atoms with E-state index in [-0.39, 0.29) is 49.4 Å². The molecule has 4 aromatic rings. The van der Waals surface area contributed by atoms with E-state index in [1.165, 1.54) is 24.3 Å². The first-order valence-corrected chi connectivity index (χ1v) is 28.9. The Kier molecular flexibility index (Phi) is 23.5. The van der Waals surface area contributed by atoms with Crippen LogP contribution in [0.1, 0.15) is 113 Å². The van der Waals surface area contributed by atoms with Crippen LogP contribution in [-0.4, -0.2) is 160 Å². The Morgan fingerprint density at radius 3 is 1.21 bits per heavy atom. The van der Waals surface area contributed by atoms with Gasteiger partial charge in [0, 0.05) is 88.4 Å². The fraction of sp³-hybridized carbons (Fsp3) is 0.548. The number of carbonyl (C=O) groups excluding carboxylic acids is 4. The van der Waals surface area contributed by atoms with Gasteiger partial charge in [-0.05, 0) is 124 Å². The third kappa shape index (κ3) is 18.0. The predicted octanol–water partition coefficient (Wildman–Crippen LogP) is 8.79. The Balaban J connectivity index is 1.04. The van der Waals surface area contributed by atoms with E-state index in [4.69, 9.17) is 37.9 Å². The monoisotopic (exact) mass is 1110 g/mol. The summed E-state index contributed by atoms with van der Waals surface area (Å²) in [6.45, 7) is 12.3. The number of benzene rings is 4. The van der Waals surface area contributed by atoms with Gasteiger partial charge in [-0.2, -0.15) is 0 Å². The summed E-state index contributed by atoms with van der Waals surface area (Å²) in [5.41, 5.74) is 2.20. The number of rotatable bonds is 26. The number of carbonyl (C=O) groups is 4. The molecule has 0 spiro atoms. The molecule has 4 fully saturated rings. The van der Waals surface area contributed by atoms with Crippen molar-refractivity contribution in [3.63, 3.8) is 0 Å². The molecule has 0 bridgehead atoms. The van der Waals surface area contributed by atoms with Crippen LogP contribution in [0.4, 0.5) is 8.78 Å². The molecule has 4 aliphatic rings. The van der Waals surface area contributed by atoms with Crippen LogP contribution in [0.2, 0.25) is 0 Å². The van der Waals surface area contributed by atoms with Crippen molar-refractivity contribution >= 4 is 23.8 Å². The maximum Gasteiger partial charge on any atom is 0.418 e. The minimum Gasteiger partial charge on any atom is -0.494 e. The number of halogens is 2. The van der Waals surface area contributed by atoms with Crippen LogP contribution in [0.25, 0.3) is 0 Å². The maximum atomic E-state index is 15.4. The van der Waals surface area contributed by atoms with E-state index >= 15 is 9.59 Å². The second-order valence-electron chi connectivity index (χ2n) is 21.0. The van der Waals surface area contributed by atoms with Gasteiger partial charge in [0.1, 0.15) is 23.1 Å². The number of ether oxygens (including phenoxy) is 8. The third-order valence-corrected chi connectivity index (χ3v) is 15.2. The van der Waals surface area contributed by atoms with E-state index in [0.29, 0.717) is 127 Å². The molecular formula is C62H80F2N4O12. The van der Waals surface area contributed by atoms with E-state index in [1.807, 2.05) is 13.8 Å². The SMILES string of the molecule is CCCOc1ccc(C(OC(=O)C(=O)OC(C(=O)N(CCc2ccc(F)cc2)C2CCN(CCC3OCCCO3)CC2)c2ccc(OCCC)cc2)C(=O)N(CCc2ccc(F)cc2)C2CCN(CCC3OCCCO3)CC2)cc1. The summed E-state index contributed by atoms with van der Waals surface area (Å²) < 4.78 is 75.2. The maximum absolute atomic E-state index is 15.4. The molecule has 0 saturated carbocycles. The van der Waals surface area contributed by atoms with Crippen molar-refractivity contribution in [1.82, 2.24) is 19.6 Å². The zero-order valence-electron chi connectivity index (χ0n) is 46.5. The lowest BCUT2D eigenvalue weighted by Crippen LogP contribution is -2.51. The molecule has 16 nitrogen and oxygen atoms in total. The third-order valence-electron chi connectivity index (χ3n) is 15.2. The topological polar surface area (TPSA) is 155 Å². The van der Waals surface area contributed by atoms with Crippen LogP contribution in [0.15, 0.2) is 97.1 Å². The highest BCUT2D eigenvalue weighted by Crippen LogP contribution is 2.31. The van der Waals surface area contributed by atoms with Gasteiger partial charge in [0.25, 0.3) is 11.8 Å². The van der Waals surface area contributed by atoms with Crippen LogP contribution in [-0.2, 0) is 60.4 Å². The number of hydrogen-bond acceptors (Lipinski definition) is 14. The van der Waals surface area contributed by atoms with Crippen LogP contribution in [0.3, 0.4) is 0 Å². The normalized spacial score (nSPS) is 18.0. The first-order chi connectivity index (χ1) is 39.0. The van der Waals surface area contributed by atoms with Crippen LogP contribution in [0, 0.1) is 11.6 Å². The Morgan fingerprint density at radius 2 is 0.875 bits per heavy atom. The molecule has 2 atom stereocenters. The summed E-state index contributed by atoms with van der Waals surface area (Å²) in [6.07, 6.45) is 4.19. The van der Waals surface area contributed by atoms with Crippen molar-refractivity contribution in [2.45, 2.75) is 128 Å².